The van der Waals surface area contributed by atoms with Gasteiger partial charge in [-0.05, 0) is 38.8 Å². The van der Waals surface area contributed by atoms with Gasteiger partial charge in [0.15, 0.2) is 0 Å². The van der Waals surface area contributed by atoms with Crippen molar-refractivity contribution in [1.29, 1.82) is 0 Å². The van der Waals surface area contributed by atoms with Crippen molar-refractivity contribution in [2.45, 2.75) is 122 Å². The van der Waals surface area contributed by atoms with E-state index in [-0.39, 0.29) is 5.78 Å². The monoisotopic (exact) mass is 560 g/mol. The third-order valence-electron chi connectivity index (χ3n) is 4.89. The quantitative estimate of drug-likeness (QED) is 0.315. The van der Waals surface area contributed by atoms with Crippen molar-refractivity contribution in [1.82, 2.24) is 0 Å². The van der Waals surface area contributed by atoms with E-state index in [1.807, 2.05) is 78.8 Å². The van der Waals surface area contributed by atoms with Gasteiger partial charge in [-0.1, -0.05) is 136 Å². The lowest BCUT2D eigenvalue weighted by atomic mass is 10.1. The molecule has 1 aromatic heterocycles. The topological polar surface area (TPSA) is 86.2 Å². The summed E-state index contributed by atoms with van der Waals surface area (Å²) in [7, 11) is 0. The molecule has 0 spiro atoms. The van der Waals surface area contributed by atoms with Crippen LogP contribution in [0.5, 0.6) is 0 Å². The molecular weight excluding hydrogens is 500 g/mol. The standard InChI is InChI=1S/C11H14N2OS.C10H12O.C5H12.C4H10.2C2H6/c1-4-5-6(2)8-7(3)15-10(9(8)12)11(13)14;1-8-3-5-10(6-4-8)7-9(2)11;1-3-5-4-2;1-3-4-2;2*1-2/h4-5H,1,12H2,2-3H3,(H2,13,14);3-6H,7H2,1-2H3;3-5H2,1-2H3;3-4H2,1-2H3;2*1-2H3/b6-5-;;;;;. The maximum atomic E-state index is 11.1. The number of carbonyl (C=O) groups excluding carboxylic acids is 2. The molecule has 0 bridgehead atoms. The molecule has 2 rings (SSSR count). The second-order valence-electron chi connectivity index (χ2n) is 8.44. The van der Waals surface area contributed by atoms with E-state index in [4.69, 9.17) is 11.5 Å². The minimum atomic E-state index is -0.474. The molecule has 4 nitrogen and oxygen atoms in total. The van der Waals surface area contributed by atoms with Crippen LogP contribution in [0.4, 0.5) is 5.69 Å². The van der Waals surface area contributed by atoms with E-state index in [0.717, 1.165) is 21.6 Å². The van der Waals surface area contributed by atoms with Gasteiger partial charge < -0.3 is 11.5 Å². The van der Waals surface area contributed by atoms with Crippen LogP contribution >= 0.6 is 11.3 Å². The molecule has 0 aliphatic carbocycles. The highest BCUT2D eigenvalue weighted by Gasteiger charge is 2.17. The molecule has 0 saturated heterocycles. The van der Waals surface area contributed by atoms with Gasteiger partial charge >= 0.3 is 0 Å². The number of thiophene rings is 1. The Morgan fingerprint density at radius 2 is 1.33 bits per heavy atom. The Morgan fingerprint density at radius 3 is 1.62 bits per heavy atom. The number of anilines is 1. The third-order valence-corrected chi connectivity index (χ3v) is 6.02. The summed E-state index contributed by atoms with van der Waals surface area (Å²) >= 11 is 1.33. The number of hydrogen-bond acceptors (Lipinski definition) is 4. The molecule has 224 valence electrons. The van der Waals surface area contributed by atoms with E-state index in [9.17, 15) is 9.59 Å². The molecule has 5 heteroatoms. The molecule has 0 fully saturated rings. The second kappa shape index (κ2) is 29.9. The minimum absolute atomic E-state index is 0.217. The van der Waals surface area contributed by atoms with E-state index in [1.54, 1.807) is 13.0 Å². The van der Waals surface area contributed by atoms with Crippen molar-refractivity contribution < 1.29 is 9.59 Å². The van der Waals surface area contributed by atoms with Gasteiger partial charge in [-0.3, -0.25) is 9.59 Å². The molecule has 0 aliphatic rings. The van der Waals surface area contributed by atoms with Crippen LogP contribution in [0.25, 0.3) is 5.57 Å². The van der Waals surface area contributed by atoms with Gasteiger partial charge in [0, 0.05) is 16.9 Å². The van der Waals surface area contributed by atoms with Crippen LogP contribution in [0, 0.1) is 13.8 Å². The predicted molar refractivity (Wildman–Crippen MR) is 180 cm³/mol. The molecule has 0 saturated carbocycles. The van der Waals surface area contributed by atoms with Crippen molar-refractivity contribution >= 4 is 34.3 Å². The van der Waals surface area contributed by atoms with Gasteiger partial charge in [0.05, 0.1) is 5.69 Å². The zero-order valence-electron chi connectivity index (χ0n) is 27.3. The van der Waals surface area contributed by atoms with Crippen LogP contribution in [0.1, 0.15) is 133 Å². The molecule has 1 heterocycles. The summed E-state index contributed by atoms with van der Waals surface area (Å²) in [5.41, 5.74) is 15.8. The van der Waals surface area contributed by atoms with Crippen LogP contribution in [0.3, 0.4) is 0 Å². The fourth-order valence-corrected chi connectivity index (χ4v) is 3.83. The maximum Gasteiger partial charge on any atom is 0.260 e. The molecular formula is C34H60N2O2S. The molecule has 2 aromatic rings. The molecule has 4 N–H and O–H groups in total. The van der Waals surface area contributed by atoms with Crippen LogP contribution in [-0.4, -0.2) is 11.7 Å². The number of aryl methyl sites for hydroxylation is 2. The number of hydrogen-bond donors (Lipinski definition) is 2. The number of carbonyl (C=O) groups is 2. The van der Waals surface area contributed by atoms with Crippen LogP contribution in [0.15, 0.2) is 43.0 Å². The molecule has 0 aliphatic heterocycles. The van der Waals surface area contributed by atoms with Gasteiger partial charge in [-0.25, -0.2) is 0 Å². The first-order chi connectivity index (χ1) is 18.5. The van der Waals surface area contributed by atoms with Crippen LogP contribution in [-0.2, 0) is 11.2 Å². The van der Waals surface area contributed by atoms with Crippen LogP contribution in [0.2, 0.25) is 0 Å². The summed E-state index contributed by atoms with van der Waals surface area (Å²) in [6, 6.07) is 8.05. The molecule has 1 amide bonds. The van der Waals surface area contributed by atoms with Crippen molar-refractivity contribution in [3.63, 3.8) is 0 Å². The van der Waals surface area contributed by atoms with E-state index in [0.29, 0.717) is 17.0 Å². The van der Waals surface area contributed by atoms with Crippen molar-refractivity contribution in [3.05, 3.63) is 69.4 Å². The number of ketones is 1. The fraction of sp³-hybridized carbons (Fsp3) is 0.529. The largest absolute Gasteiger partial charge is 0.397 e. The summed E-state index contributed by atoms with van der Waals surface area (Å²) < 4.78 is 0. The Kier molecular flexibility index (Phi) is 33.3. The fourth-order valence-electron chi connectivity index (χ4n) is 2.84. The van der Waals surface area contributed by atoms with E-state index < -0.39 is 5.91 Å². The normalized spacial score (nSPS) is 9.28. The number of primary amides is 1. The number of benzene rings is 1. The Bertz CT molecular complexity index is 906. The molecule has 0 atom stereocenters. The highest BCUT2D eigenvalue weighted by Crippen LogP contribution is 2.35. The number of nitrogens with two attached hydrogens (primary N) is 2. The first-order valence-electron chi connectivity index (χ1n) is 14.5. The maximum absolute atomic E-state index is 11.1. The van der Waals surface area contributed by atoms with Crippen LogP contribution < -0.4 is 11.5 Å². The number of amides is 1. The third kappa shape index (κ3) is 23.0. The minimum Gasteiger partial charge on any atom is -0.397 e. The zero-order chi connectivity index (χ0) is 31.4. The van der Waals surface area contributed by atoms with E-state index >= 15 is 0 Å². The van der Waals surface area contributed by atoms with E-state index in [2.05, 4.69) is 34.3 Å². The van der Waals surface area contributed by atoms with Gasteiger partial charge in [-0.2, -0.15) is 0 Å². The Labute approximate surface area is 246 Å². The summed E-state index contributed by atoms with van der Waals surface area (Å²) in [6.45, 7) is 27.9. The molecule has 0 radical (unpaired) electrons. The lowest BCUT2D eigenvalue weighted by Gasteiger charge is -2.01. The lowest BCUT2D eigenvalue weighted by molar-refractivity contribution is -0.116. The number of Topliss-reactive ketones (excluding diaryl/α,β-unsaturated/α-hetero) is 1. The zero-order valence-corrected chi connectivity index (χ0v) is 28.1. The van der Waals surface area contributed by atoms with Crippen molar-refractivity contribution in [3.8, 4) is 0 Å². The van der Waals surface area contributed by atoms with Crippen molar-refractivity contribution in [2.24, 2.45) is 5.73 Å². The average molecular weight is 561 g/mol. The molecule has 39 heavy (non-hydrogen) atoms. The average Bonchev–Trinajstić information content (AvgIpc) is 3.23. The molecule has 1 aromatic carbocycles. The van der Waals surface area contributed by atoms with Gasteiger partial charge in [-0.15, -0.1) is 11.3 Å². The Balaban J connectivity index is -0.000000223. The SMILES string of the molecule is C=C/C=C(/C)c1c(C)sc(C(N)=O)c1N.CC.CC.CC(=O)Cc1ccc(C)cc1.CCCC.CCCCC. The Morgan fingerprint density at radius 1 is 0.872 bits per heavy atom. The number of allylic oxidation sites excluding steroid dienone is 3. The second-order valence-corrected chi connectivity index (χ2v) is 9.67. The summed E-state index contributed by atoms with van der Waals surface area (Å²) in [4.78, 5) is 23.2. The molecule has 0 unspecified atom stereocenters. The summed E-state index contributed by atoms with van der Waals surface area (Å²) in [5.74, 6) is -0.257. The first-order valence-corrected chi connectivity index (χ1v) is 15.3. The smallest absolute Gasteiger partial charge is 0.260 e. The van der Waals surface area contributed by atoms with E-state index in [1.165, 1.54) is 49.0 Å². The number of nitrogen functional groups attached to an aromatic ring is 1. The van der Waals surface area contributed by atoms with Gasteiger partial charge in [0.1, 0.15) is 10.7 Å². The lowest BCUT2D eigenvalue weighted by Crippen LogP contribution is -2.11. The van der Waals surface area contributed by atoms with Gasteiger partial charge in [0.2, 0.25) is 0 Å². The highest BCUT2D eigenvalue weighted by molar-refractivity contribution is 7.15. The number of rotatable bonds is 8. The highest BCUT2D eigenvalue weighted by atomic mass is 32.1. The van der Waals surface area contributed by atoms with Crippen molar-refractivity contribution in [2.75, 3.05) is 5.73 Å². The summed E-state index contributed by atoms with van der Waals surface area (Å²) in [6.07, 6.45) is 10.8. The Hall–Kier alpha value is -2.66. The first kappa shape index (κ1) is 43.4. The summed E-state index contributed by atoms with van der Waals surface area (Å²) in [5, 5.41) is 0. The van der Waals surface area contributed by atoms with Gasteiger partial charge in [0.25, 0.3) is 5.91 Å². The predicted octanol–water partition coefficient (Wildman–Crippen LogP) is 10.5. The number of unbranched alkanes of at least 4 members (excludes halogenated alkanes) is 3.